The molecule has 0 aliphatic carbocycles. The highest BCUT2D eigenvalue weighted by Gasteiger charge is 2.27. The van der Waals surface area contributed by atoms with Gasteiger partial charge in [0.15, 0.2) is 0 Å². The molecule has 1 amide bonds. The van der Waals surface area contributed by atoms with Crippen molar-refractivity contribution in [2.24, 2.45) is 5.92 Å². The van der Waals surface area contributed by atoms with Crippen LogP contribution in [0.4, 0.5) is 8.78 Å². The molecule has 0 unspecified atom stereocenters. The molecular weight excluding hydrogens is 312 g/mol. The van der Waals surface area contributed by atoms with Crippen LogP contribution in [0.2, 0.25) is 0 Å². The van der Waals surface area contributed by atoms with Crippen molar-refractivity contribution < 1.29 is 33.0 Å². The van der Waals surface area contributed by atoms with E-state index in [-0.39, 0.29) is 13.0 Å². The first-order valence-corrected chi connectivity index (χ1v) is 6.91. The number of rotatable bonds is 7. The zero-order valence-electron chi connectivity index (χ0n) is 12.6. The van der Waals surface area contributed by atoms with Gasteiger partial charge in [0.05, 0.1) is 18.1 Å². The summed E-state index contributed by atoms with van der Waals surface area (Å²) in [5.41, 5.74) is -0.485. The van der Waals surface area contributed by atoms with Crippen LogP contribution >= 0.6 is 0 Å². The van der Waals surface area contributed by atoms with Crippen LogP contribution in [0.5, 0.6) is 0 Å². The highest BCUT2D eigenvalue weighted by atomic mass is 19.1. The molecule has 0 radical (unpaired) electrons. The number of aliphatic carboxylic acids is 1. The largest absolute Gasteiger partial charge is 0.480 e. The fraction of sp³-hybridized carbons (Fsp3) is 0.400. The van der Waals surface area contributed by atoms with Crippen LogP contribution in [-0.2, 0) is 14.3 Å². The molecule has 1 aromatic rings. The number of carboxylic acids is 1. The minimum absolute atomic E-state index is 0.147. The van der Waals surface area contributed by atoms with E-state index in [0.717, 1.165) is 12.1 Å². The van der Waals surface area contributed by atoms with Crippen LogP contribution < -0.4 is 5.32 Å². The molecule has 126 valence electrons. The van der Waals surface area contributed by atoms with E-state index in [9.17, 15) is 23.2 Å². The Bertz CT molecular complexity index is 606. The first-order valence-electron chi connectivity index (χ1n) is 6.91. The number of ether oxygens (including phenoxy) is 1. The average molecular weight is 329 g/mol. The van der Waals surface area contributed by atoms with Gasteiger partial charge in [-0.2, -0.15) is 0 Å². The molecule has 2 atom stereocenters. The summed E-state index contributed by atoms with van der Waals surface area (Å²) < 4.78 is 31.1. The van der Waals surface area contributed by atoms with E-state index in [2.05, 4.69) is 5.32 Å². The van der Waals surface area contributed by atoms with E-state index in [1.165, 1.54) is 6.92 Å². The lowest BCUT2D eigenvalue weighted by atomic mass is 10.0. The number of benzene rings is 1. The minimum Gasteiger partial charge on any atom is -0.480 e. The second kappa shape index (κ2) is 8.21. The normalized spacial score (nSPS) is 13.0. The highest BCUT2D eigenvalue weighted by molar-refractivity contribution is 5.96. The van der Waals surface area contributed by atoms with Crippen LogP contribution in [0.1, 0.15) is 30.6 Å². The van der Waals surface area contributed by atoms with Gasteiger partial charge in [-0.1, -0.05) is 6.92 Å². The summed E-state index contributed by atoms with van der Waals surface area (Å²) in [5.74, 6) is -5.71. The van der Waals surface area contributed by atoms with Gasteiger partial charge in [0.1, 0.15) is 17.7 Å². The maximum absolute atomic E-state index is 13.5. The number of hydrogen-bond donors (Lipinski definition) is 2. The lowest BCUT2D eigenvalue weighted by Gasteiger charge is -2.18. The molecule has 0 fully saturated rings. The van der Waals surface area contributed by atoms with Gasteiger partial charge < -0.3 is 15.2 Å². The van der Waals surface area contributed by atoms with Crippen molar-refractivity contribution >= 4 is 17.8 Å². The number of carbonyl (C=O) groups is 3. The predicted molar refractivity (Wildman–Crippen MR) is 75.7 cm³/mol. The van der Waals surface area contributed by atoms with Gasteiger partial charge in [-0.25, -0.2) is 13.6 Å². The molecule has 0 saturated carbocycles. The second-order valence-electron chi connectivity index (χ2n) is 4.88. The van der Waals surface area contributed by atoms with Crippen LogP contribution in [-0.4, -0.2) is 35.6 Å². The fourth-order valence-electron chi connectivity index (χ4n) is 1.87. The van der Waals surface area contributed by atoms with Crippen LogP contribution in [0.3, 0.4) is 0 Å². The average Bonchev–Trinajstić information content (AvgIpc) is 2.46. The molecule has 2 N–H and O–H groups in total. The zero-order chi connectivity index (χ0) is 17.6. The Morgan fingerprint density at radius 1 is 1.30 bits per heavy atom. The minimum atomic E-state index is -1.41. The molecule has 1 aromatic carbocycles. The molecule has 8 heteroatoms. The van der Waals surface area contributed by atoms with E-state index in [0.29, 0.717) is 6.07 Å². The topological polar surface area (TPSA) is 92.7 Å². The molecule has 0 spiro atoms. The van der Waals surface area contributed by atoms with E-state index < -0.39 is 47.0 Å². The summed E-state index contributed by atoms with van der Waals surface area (Å²) >= 11 is 0. The molecule has 0 aromatic heterocycles. The van der Waals surface area contributed by atoms with Gasteiger partial charge in [-0.15, -0.1) is 0 Å². The Kier molecular flexibility index (Phi) is 6.62. The molecule has 0 saturated heterocycles. The molecule has 0 aliphatic rings. The third-order valence-corrected chi connectivity index (χ3v) is 3.06. The molecule has 0 aliphatic heterocycles. The maximum atomic E-state index is 13.5. The summed E-state index contributed by atoms with van der Waals surface area (Å²) in [6.07, 6.45) is -0.220. The first kappa shape index (κ1) is 18.5. The summed E-state index contributed by atoms with van der Waals surface area (Å²) in [6, 6.07) is 0.903. The molecule has 0 bridgehead atoms. The highest BCUT2D eigenvalue weighted by Crippen LogP contribution is 2.12. The first-order chi connectivity index (χ1) is 10.8. The van der Waals surface area contributed by atoms with Crippen LogP contribution in [0.15, 0.2) is 18.2 Å². The third-order valence-electron chi connectivity index (χ3n) is 3.06. The van der Waals surface area contributed by atoms with Crippen molar-refractivity contribution in [2.75, 3.05) is 6.61 Å². The van der Waals surface area contributed by atoms with Gasteiger partial charge in [-0.05, 0) is 25.5 Å². The van der Waals surface area contributed by atoms with Gasteiger partial charge in [-0.3, -0.25) is 9.59 Å². The predicted octanol–water partition coefficient (Wildman–Crippen LogP) is 1.74. The standard InChI is InChI=1S/C15H17F2NO5/c1-3-23-15(22)8(2)6-12(14(20)21)18-13(19)10-5-4-9(16)7-11(10)17/h4-5,7-8,12H,3,6H2,1-2H3,(H,18,19)(H,20,21)/t8-,12-/m1/s1. The fourth-order valence-corrected chi connectivity index (χ4v) is 1.87. The van der Waals surface area contributed by atoms with Crippen molar-refractivity contribution in [3.63, 3.8) is 0 Å². The SMILES string of the molecule is CCOC(=O)[C@H](C)C[C@@H](NC(=O)c1ccc(F)cc1F)C(=O)O. The molecule has 23 heavy (non-hydrogen) atoms. The Morgan fingerprint density at radius 3 is 2.48 bits per heavy atom. The second-order valence-corrected chi connectivity index (χ2v) is 4.88. The number of hydrogen-bond acceptors (Lipinski definition) is 4. The Morgan fingerprint density at radius 2 is 1.96 bits per heavy atom. The van der Waals surface area contributed by atoms with E-state index in [4.69, 9.17) is 9.84 Å². The quantitative estimate of drug-likeness (QED) is 0.743. The Balaban J connectivity index is 2.81. The number of amides is 1. The van der Waals surface area contributed by atoms with Gasteiger partial charge >= 0.3 is 11.9 Å². The number of nitrogens with one attached hydrogen (secondary N) is 1. The lowest BCUT2D eigenvalue weighted by molar-refractivity contribution is -0.148. The summed E-state index contributed by atoms with van der Waals surface area (Å²) in [6.45, 7) is 3.21. The smallest absolute Gasteiger partial charge is 0.326 e. The van der Waals surface area contributed by atoms with Gasteiger partial charge in [0.2, 0.25) is 0 Å². The maximum Gasteiger partial charge on any atom is 0.326 e. The Hall–Kier alpha value is -2.51. The van der Waals surface area contributed by atoms with E-state index in [1.54, 1.807) is 6.92 Å². The number of carboxylic acid groups (broad SMARTS) is 1. The molecular formula is C15H17F2NO5. The number of carbonyl (C=O) groups excluding carboxylic acids is 2. The molecule has 1 rings (SSSR count). The summed E-state index contributed by atoms with van der Waals surface area (Å²) in [4.78, 5) is 34.6. The molecule has 6 nitrogen and oxygen atoms in total. The van der Waals surface area contributed by atoms with E-state index in [1.807, 2.05) is 0 Å². The summed E-state index contributed by atoms with van der Waals surface area (Å²) in [7, 11) is 0. The molecule has 0 heterocycles. The zero-order valence-corrected chi connectivity index (χ0v) is 12.6. The number of halogens is 2. The van der Waals surface area contributed by atoms with Crippen molar-refractivity contribution in [2.45, 2.75) is 26.3 Å². The van der Waals surface area contributed by atoms with Crippen LogP contribution in [0.25, 0.3) is 0 Å². The van der Waals surface area contributed by atoms with Crippen LogP contribution in [0, 0.1) is 17.6 Å². The van der Waals surface area contributed by atoms with Gasteiger partial charge in [0, 0.05) is 6.07 Å². The van der Waals surface area contributed by atoms with Gasteiger partial charge in [0.25, 0.3) is 5.91 Å². The number of esters is 1. The Labute approximate surface area is 131 Å². The van der Waals surface area contributed by atoms with E-state index >= 15 is 0 Å². The van der Waals surface area contributed by atoms with Crippen molar-refractivity contribution in [3.8, 4) is 0 Å². The third kappa shape index (κ3) is 5.32. The lowest BCUT2D eigenvalue weighted by Crippen LogP contribution is -2.43. The van der Waals surface area contributed by atoms with Crippen molar-refractivity contribution in [3.05, 3.63) is 35.4 Å². The van der Waals surface area contributed by atoms with Crippen molar-refractivity contribution in [1.29, 1.82) is 0 Å². The summed E-state index contributed by atoms with van der Waals surface area (Å²) in [5, 5.41) is 11.2. The monoisotopic (exact) mass is 329 g/mol. The van der Waals surface area contributed by atoms with Crippen molar-refractivity contribution in [1.82, 2.24) is 5.32 Å².